The molecule has 10 heavy (non-hydrogen) atoms. The molecule has 0 rings (SSSR count). The summed E-state index contributed by atoms with van der Waals surface area (Å²) in [6.45, 7) is 13.0. The van der Waals surface area contributed by atoms with Gasteiger partial charge in [-0.25, -0.2) is 0 Å². The molecule has 2 heteroatoms. The van der Waals surface area contributed by atoms with Gasteiger partial charge in [-0.05, 0) is 25.1 Å². The first-order chi connectivity index (χ1) is 4.50. The number of hydrogen-bond acceptors (Lipinski definition) is 1. The molecule has 0 aromatic carbocycles. The van der Waals surface area contributed by atoms with Crippen molar-refractivity contribution in [2.75, 3.05) is 0 Å². The van der Waals surface area contributed by atoms with Gasteiger partial charge in [0.05, 0.1) is 6.61 Å². The van der Waals surface area contributed by atoms with Crippen molar-refractivity contribution in [1.82, 2.24) is 0 Å². The molecule has 1 radical (unpaired) electrons. The molecule has 0 spiro atoms. The zero-order valence-electron chi connectivity index (χ0n) is 7.77. The van der Waals surface area contributed by atoms with Crippen LogP contribution in [0.25, 0.3) is 0 Å². The normalized spacial score (nSPS) is 12.6. The van der Waals surface area contributed by atoms with Gasteiger partial charge in [0.2, 0.25) is 0 Å². The predicted octanol–water partition coefficient (Wildman–Crippen LogP) is 3.19. The summed E-state index contributed by atoms with van der Waals surface area (Å²) in [7, 11) is -1.36. The van der Waals surface area contributed by atoms with Crippen molar-refractivity contribution in [2.45, 2.75) is 45.8 Å². The minimum Gasteiger partial charge on any atom is -0.412 e. The van der Waals surface area contributed by atoms with Crippen LogP contribution < -0.4 is 0 Å². The Morgan fingerprint density at radius 2 is 1.90 bits per heavy atom. The topological polar surface area (TPSA) is 9.23 Å². The molecule has 61 valence electrons. The van der Waals surface area contributed by atoms with E-state index in [1.165, 1.54) is 0 Å². The van der Waals surface area contributed by atoms with Crippen LogP contribution in [0.1, 0.15) is 27.2 Å². The van der Waals surface area contributed by atoms with E-state index in [0.717, 1.165) is 6.42 Å². The molecule has 0 aliphatic rings. The molecule has 0 aromatic heterocycles. The van der Waals surface area contributed by atoms with Crippen LogP contribution in [-0.2, 0) is 4.43 Å². The van der Waals surface area contributed by atoms with Gasteiger partial charge < -0.3 is 4.43 Å². The van der Waals surface area contributed by atoms with E-state index in [0.29, 0.717) is 5.54 Å². The van der Waals surface area contributed by atoms with Crippen molar-refractivity contribution >= 4 is 8.32 Å². The molecular formula is C8H19OSi. The SMILES string of the molecule is CC[CH]O[Si](C)(C)C(C)C. The Morgan fingerprint density at radius 3 is 2.20 bits per heavy atom. The van der Waals surface area contributed by atoms with E-state index >= 15 is 0 Å². The molecule has 0 amide bonds. The smallest absolute Gasteiger partial charge is 0.189 e. The van der Waals surface area contributed by atoms with E-state index < -0.39 is 8.32 Å². The van der Waals surface area contributed by atoms with Crippen LogP contribution in [0.5, 0.6) is 0 Å². The molecule has 0 aromatic rings. The minimum atomic E-state index is -1.36. The van der Waals surface area contributed by atoms with E-state index in [9.17, 15) is 0 Å². The van der Waals surface area contributed by atoms with Crippen molar-refractivity contribution in [3.63, 3.8) is 0 Å². The fraction of sp³-hybridized carbons (Fsp3) is 0.875. The zero-order chi connectivity index (χ0) is 8.20. The molecule has 1 nitrogen and oxygen atoms in total. The Morgan fingerprint density at radius 1 is 1.40 bits per heavy atom. The first kappa shape index (κ1) is 10.2. The van der Waals surface area contributed by atoms with Crippen molar-refractivity contribution in [3.05, 3.63) is 6.61 Å². The average Bonchev–Trinajstić information content (AvgIpc) is 1.84. The van der Waals surface area contributed by atoms with Crippen molar-refractivity contribution in [2.24, 2.45) is 0 Å². The highest BCUT2D eigenvalue weighted by atomic mass is 28.4. The van der Waals surface area contributed by atoms with E-state index in [1.54, 1.807) is 0 Å². The van der Waals surface area contributed by atoms with Gasteiger partial charge in [0.1, 0.15) is 0 Å². The molecule has 0 saturated carbocycles. The second-order valence-electron chi connectivity index (χ2n) is 3.45. The van der Waals surface area contributed by atoms with Gasteiger partial charge in [-0.3, -0.25) is 0 Å². The zero-order valence-corrected chi connectivity index (χ0v) is 8.77. The molecule has 0 atom stereocenters. The Labute approximate surface area is 65.9 Å². The summed E-state index contributed by atoms with van der Waals surface area (Å²) in [6.07, 6.45) is 1.02. The van der Waals surface area contributed by atoms with E-state index in [4.69, 9.17) is 4.43 Å². The first-order valence-electron chi connectivity index (χ1n) is 4.00. The van der Waals surface area contributed by atoms with Gasteiger partial charge in [-0.15, -0.1) is 0 Å². The Bertz CT molecular complexity index is 89.3. The predicted molar refractivity (Wildman–Crippen MR) is 48.3 cm³/mol. The molecule has 0 aliphatic carbocycles. The summed E-state index contributed by atoms with van der Waals surface area (Å²) in [5.74, 6) is 0. The molecular weight excluding hydrogens is 140 g/mol. The van der Waals surface area contributed by atoms with Crippen molar-refractivity contribution < 1.29 is 4.43 Å². The maximum atomic E-state index is 5.65. The minimum absolute atomic E-state index is 0.704. The third-order valence-electron chi connectivity index (χ3n) is 1.94. The lowest BCUT2D eigenvalue weighted by atomic mass is 10.5. The highest BCUT2D eigenvalue weighted by Crippen LogP contribution is 2.22. The van der Waals surface area contributed by atoms with Crippen LogP contribution in [-0.4, -0.2) is 8.32 Å². The maximum absolute atomic E-state index is 5.65. The van der Waals surface area contributed by atoms with Crippen LogP contribution in [0.4, 0.5) is 0 Å². The molecule has 0 unspecified atom stereocenters. The summed E-state index contributed by atoms with van der Waals surface area (Å²) < 4.78 is 5.65. The molecule has 0 N–H and O–H groups in total. The van der Waals surface area contributed by atoms with Gasteiger partial charge in [0.25, 0.3) is 0 Å². The lowest BCUT2D eigenvalue weighted by molar-refractivity contribution is 0.379. The molecule has 0 aliphatic heterocycles. The van der Waals surface area contributed by atoms with E-state index in [1.807, 2.05) is 6.61 Å². The molecule has 0 saturated heterocycles. The summed E-state index contributed by atoms with van der Waals surface area (Å²) >= 11 is 0. The summed E-state index contributed by atoms with van der Waals surface area (Å²) in [5.41, 5.74) is 0.704. The Balaban J connectivity index is 3.63. The fourth-order valence-electron chi connectivity index (χ4n) is 0.434. The van der Waals surface area contributed by atoms with Gasteiger partial charge in [-0.1, -0.05) is 20.8 Å². The summed E-state index contributed by atoms with van der Waals surface area (Å²) in [4.78, 5) is 0. The number of rotatable bonds is 4. The molecule has 0 bridgehead atoms. The van der Waals surface area contributed by atoms with E-state index in [2.05, 4.69) is 33.9 Å². The van der Waals surface area contributed by atoms with Gasteiger partial charge >= 0.3 is 0 Å². The summed E-state index contributed by atoms with van der Waals surface area (Å²) in [6, 6.07) is 0. The highest BCUT2D eigenvalue weighted by Gasteiger charge is 2.26. The van der Waals surface area contributed by atoms with Gasteiger partial charge in [-0.2, -0.15) is 0 Å². The van der Waals surface area contributed by atoms with E-state index in [-0.39, 0.29) is 0 Å². The van der Waals surface area contributed by atoms with Gasteiger partial charge in [0, 0.05) is 0 Å². The van der Waals surface area contributed by atoms with Crippen LogP contribution in [0.2, 0.25) is 18.6 Å². The largest absolute Gasteiger partial charge is 0.412 e. The Hall–Kier alpha value is 0.177. The third kappa shape index (κ3) is 3.37. The maximum Gasteiger partial charge on any atom is 0.189 e. The van der Waals surface area contributed by atoms with Crippen molar-refractivity contribution in [3.8, 4) is 0 Å². The van der Waals surface area contributed by atoms with Crippen LogP contribution in [0.15, 0.2) is 0 Å². The first-order valence-corrected chi connectivity index (χ1v) is 6.98. The standard InChI is InChI=1S/C8H19OSi/c1-6-7-9-10(4,5)8(2)3/h7-8H,6H2,1-5H3. The monoisotopic (exact) mass is 159 g/mol. The molecule has 0 fully saturated rings. The Kier molecular flexibility index (Phi) is 4.21. The second kappa shape index (κ2) is 4.14. The third-order valence-corrected chi connectivity index (χ3v) is 5.50. The van der Waals surface area contributed by atoms with Crippen LogP contribution >= 0.6 is 0 Å². The van der Waals surface area contributed by atoms with Crippen LogP contribution in [0, 0.1) is 6.61 Å². The lowest BCUT2D eigenvalue weighted by Crippen LogP contribution is -2.32. The van der Waals surface area contributed by atoms with Crippen LogP contribution in [0.3, 0.4) is 0 Å². The highest BCUT2D eigenvalue weighted by molar-refractivity contribution is 6.72. The average molecular weight is 159 g/mol. The van der Waals surface area contributed by atoms with Gasteiger partial charge in [0.15, 0.2) is 8.32 Å². The molecule has 0 heterocycles. The van der Waals surface area contributed by atoms with Crippen molar-refractivity contribution in [1.29, 1.82) is 0 Å². The lowest BCUT2D eigenvalue weighted by Gasteiger charge is -2.26. The second-order valence-corrected chi connectivity index (χ2v) is 8.05. The fourth-order valence-corrected chi connectivity index (χ4v) is 1.30. The summed E-state index contributed by atoms with van der Waals surface area (Å²) in [5, 5.41) is 0. The number of hydrogen-bond donors (Lipinski definition) is 0. The quantitative estimate of drug-likeness (QED) is 0.572.